The molecule has 0 spiro atoms. The van der Waals surface area contributed by atoms with E-state index in [0.717, 1.165) is 29.8 Å². The minimum atomic E-state index is -0.677. The molecule has 2 bridgehead atoms. The van der Waals surface area contributed by atoms with Gasteiger partial charge in [-0.1, -0.05) is 26.0 Å². The van der Waals surface area contributed by atoms with Crippen LogP contribution in [-0.2, 0) is 5.41 Å². The van der Waals surface area contributed by atoms with Crippen molar-refractivity contribution in [2.24, 2.45) is 5.41 Å². The van der Waals surface area contributed by atoms with Crippen molar-refractivity contribution >= 4 is 5.91 Å². The second-order valence-electron chi connectivity index (χ2n) is 9.82. The van der Waals surface area contributed by atoms with E-state index in [9.17, 15) is 18.7 Å². The molecule has 6 nitrogen and oxygen atoms in total. The Labute approximate surface area is 196 Å². The van der Waals surface area contributed by atoms with Crippen LogP contribution in [0.4, 0.5) is 8.78 Å². The third kappa shape index (κ3) is 3.15. The van der Waals surface area contributed by atoms with Crippen LogP contribution in [0.15, 0.2) is 42.5 Å². The lowest BCUT2D eigenvalue weighted by Gasteiger charge is -2.37. The summed E-state index contributed by atoms with van der Waals surface area (Å²) in [5.41, 5.74) is 1.79. The molecule has 34 heavy (non-hydrogen) atoms. The molecule has 2 heterocycles. The van der Waals surface area contributed by atoms with Crippen molar-refractivity contribution in [2.75, 3.05) is 6.54 Å². The molecule has 2 aliphatic carbocycles. The number of carbonyl (C=O) groups is 1. The Bertz CT molecular complexity index is 1270. The van der Waals surface area contributed by atoms with E-state index in [4.69, 9.17) is 4.98 Å². The van der Waals surface area contributed by atoms with Crippen LogP contribution in [-0.4, -0.2) is 38.8 Å². The minimum absolute atomic E-state index is 0.112. The highest BCUT2D eigenvalue weighted by atomic mass is 19.1. The predicted molar refractivity (Wildman–Crippen MR) is 122 cm³/mol. The lowest BCUT2D eigenvalue weighted by atomic mass is 9.66. The summed E-state index contributed by atoms with van der Waals surface area (Å²) in [4.78, 5) is 17.3. The van der Waals surface area contributed by atoms with Crippen LogP contribution in [0.25, 0.3) is 11.3 Å². The number of aliphatic hydroxyl groups is 1. The van der Waals surface area contributed by atoms with E-state index in [2.05, 4.69) is 29.4 Å². The summed E-state index contributed by atoms with van der Waals surface area (Å²) < 4.78 is 28.9. The van der Waals surface area contributed by atoms with Gasteiger partial charge in [0.1, 0.15) is 17.3 Å². The fraction of sp³-hybridized carbons (Fsp3) is 0.385. The van der Waals surface area contributed by atoms with Gasteiger partial charge < -0.3 is 10.4 Å². The quantitative estimate of drug-likeness (QED) is 0.593. The topological polar surface area (TPSA) is 88.0 Å². The number of hydrogen-bond donors (Lipinski definition) is 2. The Morgan fingerprint density at radius 3 is 2.59 bits per heavy atom. The monoisotopic (exact) mass is 464 g/mol. The van der Waals surface area contributed by atoms with Crippen LogP contribution in [0.2, 0.25) is 0 Å². The van der Waals surface area contributed by atoms with E-state index < -0.39 is 23.2 Å². The lowest BCUT2D eigenvalue weighted by Crippen LogP contribution is -2.38. The summed E-state index contributed by atoms with van der Waals surface area (Å²) >= 11 is 0. The molecule has 8 heteroatoms. The maximum Gasteiger partial charge on any atom is 0.269 e. The number of rotatable bonds is 5. The number of benzene rings is 1. The number of carbonyl (C=O) groups excluding carboxylic acids is 1. The second kappa shape index (κ2) is 7.91. The molecule has 2 aliphatic rings. The van der Waals surface area contributed by atoms with Crippen molar-refractivity contribution in [3.05, 3.63) is 76.7 Å². The molecule has 1 saturated carbocycles. The molecule has 5 rings (SSSR count). The molecule has 0 aliphatic heterocycles. The van der Waals surface area contributed by atoms with E-state index >= 15 is 0 Å². The van der Waals surface area contributed by atoms with E-state index in [0.29, 0.717) is 0 Å². The van der Waals surface area contributed by atoms with E-state index in [-0.39, 0.29) is 40.7 Å². The van der Waals surface area contributed by atoms with Crippen LogP contribution >= 0.6 is 0 Å². The number of fused-ring (bicyclic) bond motifs is 5. The Morgan fingerprint density at radius 2 is 1.88 bits per heavy atom. The van der Waals surface area contributed by atoms with Crippen molar-refractivity contribution in [1.29, 1.82) is 0 Å². The fourth-order valence-electron chi connectivity index (χ4n) is 5.89. The molecule has 3 aromatic rings. The van der Waals surface area contributed by atoms with Crippen molar-refractivity contribution in [3.63, 3.8) is 0 Å². The molecular weight excluding hydrogens is 438 g/mol. The van der Waals surface area contributed by atoms with Gasteiger partial charge in [0.2, 0.25) is 0 Å². The van der Waals surface area contributed by atoms with Gasteiger partial charge in [0.05, 0.1) is 34.2 Å². The minimum Gasteiger partial charge on any atom is -0.392 e. The summed E-state index contributed by atoms with van der Waals surface area (Å²) in [6, 6.07) is 10.8. The molecule has 0 saturated heterocycles. The third-order valence-electron chi connectivity index (χ3n) is 7.58. The van der Waals surface area contributed by atoms with E-state index in [1.165, 1.54) is 18.2 Å². The first-order chi connectivity index (χ1) is 16.2. The SMILES string of the molecule is C[C@H](O)CNC(=O)c1cccc([C@@]23CC[C@H](c4cc(-c5c(F)cccc5F)nnc42)C3(C)C)n1. The van der Waals surface area contributed by atoms with Crippen LogP contribution in [0.3, 0.4) is 0 Å². The standard InChI is InChI=1S/C26H26F2N4O2/c1-14(33)13-29-24(34)19-8-5-9-21(30-19)26-11-10-16(25(26,2)3)15-12-20(31-32-23(15)26)22-17(27)6-4-7-18(22)28/h4-9,12,14,16,33H,10-11,13H2,1-3H3,(H,29,34)/t14-,16+,26-/m0/s1. The Balaban J connectivity index is 1.61. The van der Waals surface area contributed by atoms with Gasteiger partial charge >= 0.3 is 0 Å². The van der Waals surface area contributed by atoms with Gasteiger partial charge in [0.15, 0.2) is 0 Å². The zero-order valence-corrected chi connectivity index (χ0v) is 19.3. The Morgan fingerprint density at radius 1 is 1.18 bits per heavy atom. The fourth-order valence-corrected chi connectivity index (χ4v) is 5.89. The van der Waals surface area contributed by atoms with E-state index in [1.807, 2.05) is 6.07 Å². The van der Waals surface area contributed by atoms with Crippen LogP contribution in [0.5, 0.6) is 0 Å². The van der Waals surface area contributed by atoms with Crippen molar-refractivity contribution < 1.29 is 18.7 Å². The van der Waals surface area contributed by atoms with Gasteiger partial charge in [-0.15, -0.1) is 5.10 Å². The molecule has 1 fully saturated rings. The average Bonchev–Trinajstić information content (AvgIpc) is 3.18. The van der Waals surface area contributed by atoms with Crippen molar-refractivity contribution in [2.45, 2.75) is 51.0 Å². The van der Waals surface area contributed by atoms with Gasteiger partial charge in [-0.05, 0) is 67.0 Å². The van der Waals surface area contributed by atoms with Gasteiger partial charge in [-0.25, -0.2) is 13.8 Å². The number of halogens is 2. The largest absolute Gasteiger partial charge is 0.392 e. The molecule has 3 atom stereocenters. The molecule has 176 valence electrons. The summed E-state index contributed by atoms with van der Waals surface area (Å²) in [7, 11) is 0. The number of aliphatic hydroxyl groups excluding tert-OH is 1. The second-order valence-corrected chi connectivity index (χ2v) is 9.82. The Kier molecular flexibility index (Phi) is 5.24. The average molecular weight is 465 g/mol. The molecule has 0 radical (unpaired) electrons. The molecule has 0 unspecified atom stereocenters. The highest BCUT2D eigenvalue weighted by Crippen LogP contribution is 2.69. The first-order valence-corrected chi connectivity index (χ1v) is 11.4. The summed E-state index contributed by atoms with van der Waals surface area (Å²) in [5, 5.41) is 20.9. The normalized spacial score (nSPS) is 22.9. The molecule has 1 amide bonds. The number of nitrogens with zero attached hydrogens (tertiary/aromatic N) is 3. The molecule has 2 N–H and O–H groups in total. The first kappa shape index (κ1) is 22.5. The first-order valence-electron chi connectivity index (χ1n) is 11.4. The molecule has 2 aromatic heterocycles. The zero-order valence-electron chi connectivity index (χ0n) is 19.3. The zero-order chi connectivity index (χ0) is 24.3. The number of hydrogen-bond acceptors (Lipinski definition) is 5. The van der Waals surface area contributed by atoms with Gasteiger partial charge in [-0.3, -0.25) is 4.79 Å². The number of pyridine rings is 1. The molecule has 1 aromatic carbocycles. The maximum absolute atomic E-state index is 14.4. The van der Waals surface area contributed by atoms with Crippen LogP contribution in [0, 0.1) is 17.0 Å². The van der Waals surface area contributed by atoms with E-state index in [1.54, 1.807) is 25.1 Å². The summed E-state index contributed by atoms with van der Waals surface area (Å²) in [5.74, 6) is -1.60. The third-order valence-corrected chi connectivity index (χ3v) is 7.58. The van der Waals surface area contributed by atoms with Crippen LogP contribution < -0.4 is 5.32 Å². The highest BCUT2D eigenvalue weighted by Gasteiger charge is 2.65. The Hall–Kier alpha value is -3.26. The lowest BCUT2D eigenvalue weighted by molar-refractivity contribution is 0.0918. The maximum atomic E-state index is 14.4. The number of nitrogens with one attached hydrogen (secondary N) is 1. The summed E-state index contributed by atoms with van der Waals surface area (Å²) in [6.45, 7) is 6.03. The predicted octanol–water partition coefficient (Wildman–Crippen LogP) is 4.13. The summed E-state index contributed by atoms with van der Waals surface area (Å²) in [6.07, 6.45) is 0.988. The molecular formula is C26H26F2N4O2. The smallest absolute Gasteiger partial charge is 0.269 e. The number of amides is 1. The van der Waals surface area contributed by atoms with Gasteiger partial charge in [-0.2, -0.15) is 5.10 Å². The van der Waals surface area contributed by atoms with Gasteiger partial charge in [0, 0.05) is 6.54 Å². The van der Waals surface area contributed by atoms with Gasteiger partial charge in [0.25, 0.3) is 5.91 Å². The highest BCUT2D eigenvalue weighted by molar-refractivity contribution is 5.92. The van der Waals surface area contributed by atoms with Crippen LogP contribution in [0.1, 0.15) is 67.0 Å². The van der Waals surface area contributed by atoms with Crippen molar-refractivity contribution in [1.82, 2.24) is 20.5 Å². The number of aromatic nitrogens is 3. The van der Waals surface area contributed by atoms with Crippen molar-refractivity contribution in [3.8, 4) is 11.3 Å².